The molecule has 1 rings (SSSR count). The molecule has 0 radical (unpaired) electrons. The zero-order valence-electron chi connectivity index (χ0n) is 15.1. The van der Waals surface area contributed by atoms with Gasteiger partial charge in [0.2, 0.25) is 0 Å². The van der Waals surface area contributed by atoms with Gasteiger partial charge in [0.25, 0.3) is 0 Å². The Balaban J connectivity index is 3.00. The molecule has 0 aromatic carbocycles. The first-order valence-corrected chi connectivity index (χ1v) is 8.97. The Kier molecular flexibility index (Phi) is 7.91. The monoisotopic (exact) mass is 354 g/mol. The molecule has 0 aliphatic carbocycles. The molecule has 7 heteroatoms. The molecule has 0 amide bonds. The molecular formula is C17H26N2O4S. The number of aromatic nitrogens is 1. The van der Waals surface area contributed by atoms with E-state index in [1.54, 1.807) is 27.7 Å². The summed E-state index contributed by atoms with van der Waals surface area (Å²) in [5.74, 6) is -1.43. The molecule has 134 valence electrons. The van der Waals surface area contributed by atoms with Gasteiger partial charge in [0, 0.05) is 11.1 Å². The summed E-state index contributed by atoms with van der Waals surface area (Å²) < 4.78 is 10.2. The molecule has 0 fully saturated rings. The summed E-state index contributed by atoms with van der Waals surface area (Å²) >= 11 is 1.51. The van der Waals surface area contributed by atoms with Crippen LogP contribution in [0.2, 0.25) is 0 Å². The van der Waals surface area contributed by atoms with Crippen molar-refractivity contribution in [2.24, 2.45) is 0 Å². The van der Waals surface area contributed by atoms with E-state index in [1.807, 2.05) is 6.92 Å². The Morgan fingerprint density at radius 2 is 1.62 bits per heavy atom. The van der Waals surface area contributed by atoms with E-state index < -0.39 is 11.9 Å². The Morgan fingerprint density at radius 1 is 1.08 bits per heavy atom. The molecule has 1 heterocycles. The molecule has 1 N–H and O–H groups in total. The van der Waals surface area contributed by atoms with Gasteiger partial charge in [-0.15, -0.1) is 11.3 Å². The molecule has 0 unspecified atom stereocenters. The van der Waals surface area contributed by atoms with E-state index in [-0.39, 0.29) is 17.8 Å². The van der Waals surface area contributed by atoms with E-state index in [4.69, 9.17) is 9.47 Å². The van der Waals surface area contributed by atoms with Crippen LogP contribution < -0.4 is 5.32 Å². The van der Waals surface area contributed by atoms with Gasteiger partial charge in [-0.25, -0.2) is 14.6 Å². The number of hydrogen-bond donors (Lipinski definition) is 1. The normalized spacial score (nSPS) is 10.7. The molecule has 24 heavy (non-hydrogen) atoms. The number of carbonyl (C=O) groups excluding carboxylic acids is 2. The van der Waals surface area contributed by atoms with Gasteiger partial charge < -0.3 is 14.8 Å². The van der Waals surface area contributed by atoms with Crippen LogP contribution in [0.15, 0.2) is 11.8 Å². The quantitative estimate of drug-likeness (QED) is 0.333. The van der Waals surface area contributed by atoms with E-state index >= 15 is 0 Å². The zero-order chi connectivity index (χ0) is 18.3. The zero-order valence-corrected chi connectivity index (χ0v) is 16.0. The number of ether oxygens (including phenoxy) is 2. The van der Waals surface area contributed by atoms with E-state index in [2.05, 4.69) is 17.2 Å². The van der Waals surface area contributed by atoms with Gasteiger partial charge in [-0.1, -0.05) is 13.8 Å². The average molecular weight is 354 g/mol. The summed E-state index contributed by atoms with van der Waals surface area (Å²) in [4.78, 5) is 29.9. The van der Waals surface area contributed by atoms with Crippen LogP contribution >= 0.6 is 11.3 Å². The van der Waals surface area contributed by atoms with E-state index in [9.17, 15) is 9.59 Å². The summed E-state index contributed by atoms with van der Waals surface area (Å²) in [7, 11) is 0. The summed E-state index contributed by atoms with van der Waals surface area (Å²) in [6, 6.07) is 0. The second-order valence-corrected chi connectivity index (χ2v) is 6.79. The van der Waals surface area contributed by atoms with Crippen LogP contribution in [0, 0.1) is 0 Å². The number of nitrogens with one attached hydrogen (secondary N) is 1. The van der Waals surface area contributed by atoms with Crippen molar-refractivity contribution >= 4 is 28.4 Å². The third-order valence-corrected chi connectivity index (χ3v) is 4.07. The maximum atomic E-state index is 12.1. The first kappa shape index (κ1) is 20.2. The largest absolute Gasteiger partial charge is 0.459 e. The summed E-state index contributed by atoms with van der Waals surface area (Å²) in [6.45, 7) is 11.0. The highest BCUT2D eigenvalue weighted by Crippen LogP contribution is 2.24. The number of rotatable bonds is 8. The van der Waals surface area contributed by atoms with Crippen molar-refractivity contribution in [3.63, 3.8) is 0 Å². The molecule has 0 aliphatic rings. The van der Waals surface area contributed by atoms with Crippen LogP contribution in [-0.2, 0) is 31.9 Å². The maximum absolute atomic E-state index is 12.1. The first-order chi connectivity index (χ1) is 11.3. The molecule has 0 saturated heterocycles. The van der Waals surface area contributed by atoms with E-state index in [1.165, 1.54) is 22.4 Å². The minimum atomic E-state index is -0.717. The van der Waals surface area contributed by atoms with Crippen molar-refractivity contribution in [1.82, 2.24) is 4.98 Å². The van der Waals surface area contributed by atoms with E-state index in [0.717, 1.165) is 18.5 Å². The van der Waals surface area contributed by atoms with Gasteiger partial charge >= 0.3 is 11.9 Å². The smallest absolute Gasteiger partial charge is 0.347 e. The Morgan fingerprint density at radius 3 is 2.00 bits per heavy atom. The second-order valence-electron chi connectivity index (χ2n) is 5.71. The third kappa shape index (κ3) is 5.96. The van der Waals surface area contributed by atoms with Gasteiger partial charge in [0.1, 0.15) is 0 Å². The third-order valence-electron chi connectivity index (χ3n) is 2.90. The van der Waals surface area contributed by atoms with Crippen molar-refractivity contribution in [3.05, 3.63) is 22.3 Å². The summed E-state index contributed by atoms with van der Waals surface area (Å²) in [5, 5.41) is 3.56. The van der Waals surface area contributed by atoms with Gasteiger partial charge in [-0.05, 0) is 40.5 Å². The standard InChI is InChI=1S/C17H26N2O4S/c1-7-13-14(8-2)24-17(19-13)18-9-12(15(20)22-10(3)4)16(21)23-11(5)6/h9-11H,7-8H2,1-6H3,(H,18,19). The van der Waals surface area contributed by atoms with Crippen LogP contribution in [-0.4, -0.2) is 29.1 Å². The summed E-state index contributed by atoms with van der Waals surface area (Å²) in [5.41, 5.74) is 0.846. The maximum Gasteiger partial charge on any atom is 0.347 e. The molecule has 0 aliphatic heterocycles. The SMILES string of the molecule is CCc1nc(NC=C(C(=O)OC(C)C)C(=O)OC(C)C)sc1CC. The molecule has 1 aromatic heterocycles. The van der Waals surface area contributed by atoms with Crippen LogP contribution in [0.3, 0.4) is 0 Å². The molecule has 0 atom stereocenters. The molecule has 1 aromatic rings. The highest BCUT2D eigenvalue weighted by atomic mass is 32.1. The fraction of sp³-hybridized carbons (Fsp3) is 0.588. The lowest BCUT2D eigenvalue weighted by atomic mass is 10.2. The number of esters is 2. The fourth-order valence-electron chi connectivity index (χ4n) is 1.89. The Hall–Kier alpha value is -1.89. The first-order valence-electron chi connectivity index (χ1n) is 8.15. The highest BCUT2D eigenvalue weighted by Gasteiger charge is 2.23. The number of anilines is 1. The topological polar surface area (TPSA) is 77.5 Å². The van der Waals surface area contributed by atoms with Crippen molar-refractivity contribution in [2.45, 2.75) is 66.6 Å². The van der Waals surface area contributed by atoms with Crippen molar-refractivity contribution in [3.8, 4) is 0 Å². The van der Waals surface area contributed by atoms with Crippen LogP contribution in [0.25, 0.3) is 0 Å². The minimum Gasteiger partial charge on any atom is -0.459 e. The molecule has 0 spiro atoms. The van der Waals surface area contributed by atoms with Crippen LogP contribution in [0.5, 0.6) is 0 Å². The van der Waals surface area contributed by atoms with Crippen molar-refractivity contribution < 1.29 is 19.1 Å². The molecule has 6 nitrogen and oxygen atoms in total. The van der Waals surface area contributed by atoms with Crippen LogP contribution in [0.1, 0.15) is 52.1 Å². The number of carbonyl (C=O) groups is 2. The lowest BCUT2D eigenvalue weighted by Gasteiger charge is -2.12. The Labute approximate surface area is 147 Å². The predicted molar refractivity (Wildman–Crippen MR) is 95.0 cm³/mol. The fourth-order valence-corrected chi connectivity index (χ4v) is 2.85. The number of hydrogen-bond acceptors (Lipinski definition) is 7. The van der Waals surface area contributed by atoms with Crippen molar-refractivity contribution in [2.75, 3.05) is 5.32 Å². The highest BCUT2D eigenvalue weighted by molar-refractivity contribution is 7.15. The lowest BCUT2D eigenvalue weighted by molar-refractivity contribution is -0.150. The number of nitrogens with zero attached hydrogens (tertiary/aromatic N) is 1. The van der Waals surface area contributed by atoms with E-state index in [0.29, 0.717) is 5.13 Å². The Bertz CT molecular complexity index is 560. The number of thiazole rings is 1. The van der Waals surface area contributed by atoms with Gasteiger partial charge in [-0.3, -0.25) is 0 Å². The van der Waals surface area contributed by atoms with Gasteiger partial charge in [0.05, 0.1) is 17.9 Å². The van der Waals surface area contributed by atoms with Crippen molar-refractivity contribution in [1.29, 1.82) is 0 Å². The lowest BCUT2D eigenvalue weighted by Crippen LogP contribution is -2.23. The molecule has 0 saturated carbocycles. The average Bonchev–Trinajstić information content (AvgIpc) is 2.88. The van der Waals surface area contributed by atoms with Gasteiger partial charge in [-0.2, -0.15) is 0 Å². The molecular weight excluding hydrogens is 328 g/mol. The minimum absolute atomic E-state index is 0.177. The van der Waals surface area contributed by atoms with Crippen LogP contribution in [0.4, 0.5) is 5.13 Å². The second kappa shape index (κ2) is 9.42. The predicted octanol–water partition coefficient (Wildman–Crippen LogP) is 3.47. The van der Waals surface area contributed by atoms with Gasteiger partial charge in [0.15, 0.2) is 10.7 Å². The molecule has 0 bridgehead atoms. The summed E-state index contributed by atoms with van der Waals surface area (Å²) in [6.07, 6.45) is 2.39. The number of aryl methyl sites for hydroxylation is 2.